The fraction of sp³-hybridized carbons (Fsp3) is 0.357. The number of hydrogen-bond donors (Lipinski definition) is 0. The smallest absolute Gasteiger partial charge is 0.243 e. The molecule has 0 spiro atoms. The van der Waals surface area contributed by atoms with Crippen LogP contribution in [0.4, 0.5) is 0 Å². The lowest BCUT2D eigenvalue weighted by Gasteiger charge is -2.25. The molecule has 2 aromatic rings. The Bertz CT molecular complexity index is 750. The van der Waals surface area contributed by atoms with Crippen LogP contribution in [0.5, 0.6) is 0 Å². The van der Waals surface area contributed by atoms with E-state index in [-0.39, 0.29) is 0 Å². The third-order valence-electron chi connectivity index (χ3n) is 3.43. The lowest BCUT2D eigenvalue weighted by atomic mass is 10.2. The van der Waals surface area contributed by atoms with Gasteiger partial charge in [0.05, 0.1) is 22.1 Å². The first-order valence-electron chi connectivity index (χ1n) is 6.49. The molecule has 1 aliphatic heterocycles. The minimum atomic E-state index is -3.41. The van der Waals surface area contributed by atoms with Crippen LogP contribution in [0.1, 0.15) is 21.1 Å². The average Bonchev–Trinajstić information content (AvgIpc) is 2.77. The van der Waals surface area contributed by atoms with Gasteiger partial charge in [-0.1, -0.05) is 12.1 Å². The van der Waals surface area contributed by atoms with Gasteiger partial charge in [0.2, 0.25) is 10.0 Å². The molecular weight excluding hydrogens is 292 g/mol. The summed E-state index contributed by atoms with van der Waals surface area (Å²) in [5, 5.41) is 1.00. The Morgan fingerprint density at radius 3 is 2.85 bits per heavy atom. The van der Waals surface area contributed by atoms with Gasteiger partial charge in [-0.05, 0) is 31.5 Å². The number of sulfonamides is 1. The van der Waals surface area contributed by atoms with Crippen molar-refractivity contribution in [3.8, 4) is 0 Å². The van der Waals surface area contributed by atoms with Crippen LogP contribution < -0.4 is 0 Å². The Kier molecular flexibility index (Phi) is 3.40. The molecule has 0 N–H and O–H groups in total. The Morgan fingerprint density at radius 2 is 2.10 bits per heavy atom. The monoisotopic (exact) mass is 308 g/mol. The lowest BCUT2D eigenvalue weighted by molar-refractivity contribution is 0.393. The lowest BCUT2D eigenvalue weighted by Crippen LogP contribution is -2.35. The van der Waals surface area contributed by atoms with E-state index < -0.39 is 10.0 Å². The third kappa shape index (κ3) is 2.39. The maximum Gasteiger partial charge on any atom is 0.243 e. The fourth-order valence-corrected chi connectivity index (χ4v) is 5.03. The molecule has 2 heterocycles. The van der Waals surface area contributed by atoms with Crippen LogP contribution in [0.2, 0.25) is 0 Å². The van der Waals surface area contributed by atoms with Gasteiger partial charge in [-0.15, -0.1) is 11.3 Å². The van der Waals surface area contributed by atoms with Crippen molar-refractivity contribution in [2.45, 2.75) is 31.7 Å². The summed E-state index contributed by atoms with van der Waals surface area (Å²) in [4.78, 5) is 5.90. The van der Waals surface area contributed by atoms with Crippen LogP contribution >= 0.6 is 11.3 Å². The van der Waals surface area contributed by atoms with Crippen molar-refractivity contribution in [1.29, 1.82) is 0 Å². The first-order valence-corrected chi connectivity index (χ1v) is 8.74. The highest BCUT2D eigenvalue weighted by Crippen LogP contribution is 2.28. The summed E-state index contributed by atoms with van der Waals surface area (Å²) in [7, 11) is -3.41. The number of aryl methyl sites for hydroxylation is 2. The zero-order valence-electron chi connectivity index (χ0n) is 11.5. The van der Waals surface area contributed by atoms with Gasteiger partial charge in [0.25, 0.3) is 0 Å². The SMILES string of the molecule is Cc1cccc(S(=O)(=O)N2CCc3nc(C)sc3C2)c1. The highest BCUT2D eigenvalue weighted by atomic mass is 32.2. The minimum Gasteiger partial charge on any atom is -0.246 e. The van der Waals surface area contributed by atoms with Gasteiger partial charge in [0, 0.05) is 17.8 Å². The number of rotatable bonds is 2. The van der Waals surface area contributed by atoms with E-state index in [0.29, 0.717) is 24.4 Å². The summed E-state index contributed by atoms with van der Waals surface area (Å²) in [5.74, 6) is 0. The summed E-state index contributed by atoms with van der Waals surface area (Å²) >= 11 is 1.59. The van der Waals surface area contributed by atoms with E-state index >= 15 is 0 Å². The molecule has 1 aromatic carbocycles. The highest BCUT2D eigenvalue weighted by Gasteiger charge is 2.29. The highest BCUT2D eigenvalue weighted by molar-refractivity contribution is 7.89. The summed E-state index contributed by atoms with van der Waals surface area (Å²) < 4.78 is 26.9. The van der Waals surface area contributed by atoms with Crippen molar-refractivity contribution in [2.24, 2.45) is 0 Å². The van der Waals surface area contributed by atoms with E-state index in [4.69, 9.17) is 0 Å². The van der Waals surface area contributed by atoms with Crippen molar-refractivity contribution in [2.75, 3.05) is 6.54 Å². The van der Waals surface area contributed by atoms with Crippen molar-refractivity contribution < 1.29 is 8.42 Å². The molecule has 20 heavy (non-hydrogen) atoms. The number of thiazole rings is 1. The quantitative estimate of drug-likeness (QED) is 0.856. The van der Waals surface area contributed by atoms with E-state index in [9.17, 15) is 8.42 Å². The predicted octanol–water partition coefficient (Wildman–Crippen LogP) is 2.51. The van der Waals surface area contributed by atoms with Gasteiger partial charge in [0.1, 0.15) is 0 Å². The molecule has 0 atom stereocenters. The van der Waals surface area contributed by atoms with Crippen molar-refractivity contribution in [3.63, 3.8) is 0 Å². The van der Waals surface area contributed by atoms with Crippen molar-refractivity contribution in [1.82, 2.24) is 9.29 Å². The largest absolute Gasteiger partial charge is 0.246 e. The molecule has 0 radical (unpaired) electrons. The second-order valence-electron chi connectivity index (χ2n) is 5.01. The third-order valence-corrected chi connectivity index (χ3v) is 6.27. The molecule has 4 nitrogen and oxygen atoms in total. The molecule has 0 saturated carbocycles. The van der Waals surface area contributed by atoms with Crippen LogP contribution in [-0.2, 0) is 23.0 Å². The minimum absolute atomic E-state index is 0.377. The number of hydrogen-bond acceptors (Lipinski definition) is 4. The molecular formula is C14H16N2O2S2. The van der Waals surface area contributed by atoms with Crippen molar-refractivity contribution >= 4 is 21.4 Å². The first-order chi connectivity index (χ1) is 9.46. The second-order valence-corrected chi connectivity index (χ2v) is 8.23. The average molecular weight is 308 g/mol. The first kappa shape index (κ1) is 13.7. The van der Waals surface area contributed by atoms with Gasteiger partial charge in [-0.3, -0.25) is 0 Å². The Morgan fingerprint density at radius 1 is 1.30 bits per heavy atom. The molecule has 0 saturated heterocycles. The van der Waals surface area contributed by atoms with E-state index in [2.05, 4.69) is 4.98 Å². The van der Waals surface area contributed by atoms with E-state index in [1.807, 2.05) is 19.9 Å². The van der Waals surface area contributed by atoms with Gasteiger partial charge in [0.15, 0.2) is 0 Å². The Labute approximate surface area is 123 Å². The normalized spacial score (nSPS) is 16.1. The summed E-state index contributed by atoms with van der Waals surface area (Å²) in [6.07, 6.45) is 0.699. The Balaban J connectivity index is 1.94. The maximum absolute atomic E-state index is 12.7. The van der Waals surface area contributed by atoms with Crippen LogP contribution in [0, 0.1) is 13.8 Å². The van der Waals surface area contributed by atoms with Gasteiger partial charge < -0.3 is 0 Å². The van der Waals surface area contributed by atoms with Gasteiger partial charge >= 0.3 is 0 Å². The van der Waals surface area contributed by atoms with Crippen LogP contribution in [0.3, 0.4) is 0 Å². The summed E-state index contributed by atoms with van der Waals surface area (Å²) in [6, 6.07) is 7.08. The summed E-state index contributed by atoms with van der Waals surface area (Å²) in [6.45, 7) is 4.81. The molecule has 1 aromatic heterocycles. The standard InChI is InChI=1S/C14H16N2O2S2/c1-10-4-3-5-12(8-10)20(17,18)16-7-6-13-14(9-16)19-11(2)15-13/h3-5,8H,6-7,9H2,1-2H3. The van der Waals surface area contributed by atoms with Crippen LogP contribution in [0.15, 0.2) is 29.2 Å². The summed E-state index contributed by atoms with van der Waals surface area (Å²) in [5.41, 5.74) is 2.01. The molecule has 1 aliphatic rings. The number of nitrogens with zero attached hydrogens (tertiary/aromatic N) is 2. The fourth-order valence-electron chi connectivity index (χ4n) is 2.43. The zero-order chi connectivity index (χ0) is 14.3. The topological polar surface area (TPSA) is 50.3 Å². The zero-order valence-corrected chi connectivity index (χ0v) is 13.1. The molecule has 0 amide bonds. The number of fused-ring (bicyclic) bond motifs is 1. The molecule has 0 unspecified atom stereocenters. The maximum atomic E-state index is 12.7. The van der Waals surface area contributed by atoms with E-state index in [1.54, 1.807) is 33.8 Å². The molecule has 106 valence electrons. The molecule has 0 fully saturated rings. The molecule has 6 heteroatoms. The van der Waals surface area contributed by atoms with Crippen LogP contribution in [-0.4, -0.2) is 24.3 Å². The second kappa shape index (κ2) is 4.95. The molecule has 0 bridgehead atoms. The molecule has 3 rings (SSSR count). The van der Waals surface area contributed by atoms with Gasteiger partial charge in [-0.25, -0.2) is 13.4 Å². The van der Waals surface area contributed by atoms with Gasteiger partial charge in [-0.2, -0.15) is 4.31 Å². The van der Waals surface area contributed by atoms with E-state index in [1.165, 1.54) is 0 Å². The number of benzene rings is 1. The molecule has 0 aliphatic carbocycles. The van der Waals surface area contributed by atoms with Crippen molar-refractivity contribution in [3.05, 3.63) is 45.4 Å². The predicted molar refractivity (Wildman–Crippen MR) is 79.3 cm³/mol. The Hall–Kier alpha value is -1.24. The van der Waals surface area contributed by atoms with Crippen LogP contribution in [0.25, 0.3) is 0 Å². The van der Waals surface area contributed by atoms with E-state index in [0.717, 1.165) is 21.1 Å². The number of aromatic nitrogens is 1.